The smallest absolute Gasteiger partial charge is 0.417 e. The molecule has 0 amide bonds. The van der Waals surface area contributed by atoms with Crippen molar-refractivity contribution in [3.8, 4) is 11.1 Å². The number of halogens is 3. The Morgan fingerprint density at radius 1 is 1.29 bits per heavy atom. The van der Waals surface area contributed by atoms with Crippen LogP contribution in [0.1, 0.15) is 34.8 Å². The minimum Gasteiger partial charge on any atom is -0.478 e. The number of hydrogen-bond acceptors (Lipinski definition) is 3. The third kappa shape index (κ3) is 3.28. The van der Waals surface area contributed by atoms with Crippen molar-refractivity contribution in [2.75, 3.05) is 13.2 Å². The number of carboxylic acids is 1. The minimum absolute atomic E-state index is 0.0736. The molecule has 1 aromatic heterocycles. The first-order valence-electron chi connectivity index (χ1n) is 7.43. The standard InChI is InChI=1S/C16H15F3N2O3/c17-16(18,19)14-2-1-10(15(22)23)7-13(14)11-8-20-21(9-11)12-3-5-24-6-4-12/h1-2,7-9,12H,3-6H2,(H,22,23). The van der Waals surface area contributed by atoms with E-state index in [1.807, 2.05) is 0 Å². The SMILES string of the molecule is O=C(O)c1ccc(C(F)(F)F)c(-c2cnn(C3CCOCC3)c2)c1. The monoisotopic (exact) mass is 340 g/mol. The lowest BCUT2D eigenvalue weighted by atomic mass is 9.99. The first kappa shape index (κ1) is 16.5. The highest BCUT2D eigenvalue weighted by molar-refractivity contribution is 5.90. The highest BCUT2D eigenvalue weighted by Crippen LogP contribution is 2.38. The predicted molar refractivity (Wildman–Crippen MR) is 78.7 cm³/mol. The van der Waals surface area contributed by atoms with E-state index in [0.29, 0.717) is 13.2 Å². The van der Waals surface area contributed by atoms with Crippen LogP contribution in [-0.4, -0.2) is 34.1 Å². The number of aromatic nitrogens is 2. The molecule has 1 saturated heterocycles. The highest BCUT2D eigenvalue weighted by atomic mass is 19.4. The summed E-state index contributed by atoms with van der Waals surface area (Å²) >= 11 is 0. The molecule has 1 aromatic carbocycles. The molecule has 0 radical (unpaired) electrons. The Morgan fingerprint density at radius 2 is 2.00 bits per heavy atom. The number of carbonyl (C=O) groups is 1. The van der Waals surface area contributed by atoms with Gasteiger partial charge in [0.1, 0.15) is 0 Å². The molecule has 0 saturated carbocycles. The zero-order valence-electron chi connectivity index (χ0n) is 12.6. The largest absolute Gasteiger partial charge is 0.478 e. The zero-order chi connectivity index (χ0) is 17.3. The third-order valence-corrected chi connectivity index (χ3v) is 4.05. The molecular formula is C16H15F3N2O3. The number of benzene rings is 1. The number of hydrogen-bond donors (Lipinski definition) is 1. The molecule has 2 heterocycles. The second kappa shape index (κ2) is 6.27. The molecule has 1 aliphatic rings. The first-order chi connectivity index (χ1) is 11.4. The van der Waals surface area contributed by atoms with Crippen molar-refractivity contribution in [2.24, 2.45) is 0 Å². The summed E-state index contributed by atoms with van der Waals surface area (Å²) in [6.45, 7) is 1.17. The van der Waals surface area contributed by atoms with Crippen molar-refractivity contribution in [2.45, 2.75) is 25.1 Å². The molecule has 1 aliphatic heterocycles. The van der Waals surface area contributed by atoms with Gasteiger partial charge >= 0.3 is 12.1 Å². The van der Waals surface area contributed by atoms with Gasteiger partial charge in [0.25, 0.3) is 0 Å². The quantitative estimate of drug-likeness (QED) is 0.927. The topological polar surface area (TPSA) is 64.3 Å². The Labute approximate surface area is 135 Å². The van der Waals surface area contributed by atoms with Crippen molar-refractivity contribution >= 4 is 5.97 Å². The molecule has 1 N–H and O–H groups in total. The molecule has 3 rings (SSSR count). The number of rotatable bonds is 3. The van der Waals surface area contributed by atoms with Gasteiger partial charge in [-0.05, 0) is 36.6 Å². The molecule has 2 aromatic rings. The van der Waals surface area contributed by atoms with Crippen LogP contribution < -0.4 is 0 Å². The lowest BCUT2D eigenvalue weighted by Gasteiger charge is -2.22. The highest BCUT2D eigenvalue weighted by Gasteiger charge is 2.34. The zero-order valence-corrected chi connectivity index (χ0v) is 12.6. The number of nitrogens with zero attached hydrogens (tertiary/aromatic N) is 2. The van der Waals surface area contributed by atoms with Gasteiger partial charge in [-0.25, -0.2) is 4.79 Å². The second-order valence-corrected chi connectivity index (χ2v) is 5.62. The van der Waals surface area contributed by atoms with Gasteiger partial charge in [0.15, 0.2) is 0 Å². The van der Waals surface area contributed by atoms with Crippen molar-refractivity contribution in [1.29, 1.82) is 0 Å². The van der Waals surface area contributed by atoms with E-state index in [0.717, 1.165) is 31.0 Å². The number of ether oxygens (including phenoxy) is 1. The van der Waals surface area contributed by atoms with Gasteiger partial charge in [-0.3, -0.25) is 4.68 Å². The first-order valence-corrected chi connectivity index (χ1v) is 7.43. The second-order valence-electron chi connectivity index (χ2n) is 5.62. The van der Waals surface area contributed by atoms with Crippen molar-refractivity contribution in [3.05, 3.63) is 41.7 Å². The van der Waals surface area contributed by atoms with Crippen LogP contribution in [0.3, 0.4) is 0 Å². The van der Waals surface area contributed by atoms with Crippen LogP contribution in [0.4, 0.5) is 13.2 Å². The van der Waals surface area contributed by atoms with Crippen molar-refractivity contribution in [3.63, 3.8) is 0 Å². The molecule has 0 spiro atoms. The van der Waals surface area contributed by atoms with Crippen LogP contribution in [0.25, 0.3) is 11.1 Å². The van der Waals surface area contributed by atoms with Crippen LogP contribution >= 0.6 is 0 Å². The molecule has 0 unspecified atom stereocenters. The minimum atomic E-state index is -4.58. The van der Waals surface area contributed by atoms with Crippen LogP contribution in [-0.2, 0) is 10.9 Å². The average Bonchev–Trinajstić information content (AvgIpc) is 3.04. The van der Waals surface area contributed by atoms with Crippen LogP contribution in [0.5, 0.6) is 0 Å². The maximum Gasteiger partial charge on any atom is 0.417 e. The van der Waals surface area contributed by atoms with Gasteiger partial charge < -0.3 is 9.84 Å². The normalized spacial score (nSPS) is 16.3. The Bertz CT molecular complexity index is 749. The summed E-state index contributed by atoms with van der Waals surface area (Å²) in [5.41, 5.74) is -1.01. The van der Waals surface area contributed by atoms with Gasteiger partial charge in [-0.1, -0.05) is 0 Å². The fourth-order valence-corrected chi connectivity index (χ4v) is 2.79. The summed E-state index contributed by atoms with van der Waals surface area (Å²) in [5.74, 6) is -1.28. The van der Waals surface area contributed by atoms with Crippen LogP contribution in [0, 0.1) is 0 Å². The molecule has 24 heavy (non-hydrogen) atoms. The Morgan fingerprint density at radius 3 is 2.62 bits per heavy atom. The Balaban J connectivity index is 2.02. The van der Waals surface area contributed by atoms with E-state index in [1.165, 1.54) is 12.4 Å². The molecule has 1 fully saturated rings. The maximum atomic E-state index is 13.2. The summed E-state index contributed by atoms with van der Waals surface area (Å²) < 4.78 is 46.6. The van der Waals surface area contributed by atoms with Gasteiger partial charge in [-0.15, -0.1) is 0 Å². The molecule has 0 atom stereocenters. The van der Waals surface area contributed by atoms with Crippen molar-refractivity contribution in [1.82, 2.24) is 9.78 Å². The maximum absolute atomic E-state index is 13.2. The summed E-state index contributed by atoms with van der Waals surface area (Å²) in [6, 6.07) is 2.86. The Kier molecular flexibility index (Phi) is 4.31. The van der Waals surface area contributed by atoms with E-state index in [-0.39, 0.29) is 22.7 Å². The fourth-order valence-electron chi connectivity index (χ4n) is 2.79. The summed E-state index contributed by atoms with van der Waals surface area (Å²) in [6.07, 6.45) is -0.226. The van der Waals surface area contributed by atoms with E-state index in [4.69, 9.17) is 9.84 Å². The van der Waals surface area contributed by atoms with Crippen LogP contribution in [0.2, 0.25) is 0 Å². The van der Waals surface area contributed by atoms with Crippen LogP contribution in [0.15, 0.2) is 30.6 Å². The summed E-state index contributed by atoms with van der Waals surface area (Å²) in [7, 11) is 0. The number of carboxylic acid groups (broad SMARTS) is 1. The number of alkyl halides is 3. The average molecular weight is 340 g/mol. The lowest BCUT2D eigenvalue weighted by Crippen LogP contribution is -2.19. The van der Waals surface area contributed by atoms with Crippen molar-refractivity contribution < 1.29 is 27.8 Å². The molecule has 8 heteroatoms. The summed E-state index contributed by atoms with van der Waals surface area (Å²) in [4.78, 5) is 11.1. The van der Waals surface area contributed by atoms with Gasteiger partial charge in [-0.2, -0.15) is 18.3 Å². The van der Waals surface area contributed by atoms with E-state index < -0.39 is 17.7 Å². The van der Waals surface area contributed by atoms with Gasteiger partial charge in [0.05, 0.1) is 23.4 Å². The van der Waals surface area contributed by atoms with E-state index >= 15 is 0 Å². The van der Waals surface area contributed by atoms with E-state index in [2.05, 4.69) is 5.10 Å². The predicted octanol–water partition coefficient (Wildman–Crippen LogP) is 3.62. The van der Waals surface area contributed by atoms with Gasteiger partial charge in [0, 0.05) is 25.0 Å². The number of aromatic carboxylic acids is 1. The van der Waals surface area contributed by atoms with Gasteiger partial charge in [0.2, 0.25) is 0 Å². The van der Waals surface area contributed by atoms with E-state index in [1.54, 1.807) is 4.68 Å². The lowest BCUT2D eigenvalue weighted by molar-refractivity contribution is -0.137. The van der Waals surface area contributed by atoms with E-state index in [9.17, 15) is 18.0 Å². The molecule has 0 aliphatic carbocycles. The summed E-state index contributed by atoms with van der Waals surface area (Å²) in [5, 5.41) is 13.2. The third-order valence-electron chi connectivity index (χ3n) is 4.05. The molecule has 0 bridgehead atoms. The Hall–Kier alpha value is -2.35. The fraction of sp³-hybridized carbons (Fsp3) is 0.375. The molecule has 5 nitrogen and oxygen atoms in total. The molecule has 128 valence electrons. The molecular weight excluding hydrogens is 325 g/mol.